The lowest BCUT2D eigenvalue weighted by atomic mass is 10.2. The Balaban J connectivity index is 2.73. The van der Waals surface area contributed by atoms with E-state index < -0.39 is 6.67 Å². The number of nitrogens with one attached hydrogen (secondary N) is 1. The van der Waals surface area contributed by atoms with Gasteiger partial charge in [0.2, 0.25) is 0 Å². The van der Waals surface area contributed by atoms with Crippen molar-refractivity contribution < 1.29 is 9.50 Å². The molecule has 0 atom stereocenters. The van der Waals surface area contributed by atoms with Gasteiger partial charge in [0.05, 0.1) is 11.2 Å². The van der Waals surface area contributed by atoms with E-state index in [0.29, 0.717) is 11.2 Å². The Hall–Kier alpha value is -1.58. The molecule has 0 bridgehead atoms. The Morgan fingerprint density at radius 3 is 3.08 bits per heavy atom. The normalized spacial score (nSPS) is 10.8. The van der Waals surface area contributed by atoms with Crippen LogP contribution in [0.15, 0.2) is 18.2 Å². The van der Waals surface area contributed by atoms with E-state index >= 15 is 0 Å². The van der Waals surface area contributed by atoms with Crippen molar-refractivity contribution in [2.45, 2.75) is 6.67 Å². The first-order valence-corrected chi connectivity index (χ1v) is 3.53. The maximum Gasteiger partial charge on any atom is 0.131 e. The summed E-state index contributed by atoms with van der Waals surface area (Å²) in [6.07, 6.45) is 0. The summed E-state index contributed by atoms with van der Waals surface area (Å²) < 4.78 is 12.3. The van der Waals surface area contributed by atoms with Gasteiger partial charge in [0.15, 0.2) is 0 Å². The zero-order valence-electron chi connectivity index (χ0n) is 6.21. The second kappa shape index (κ2) is 2.48. The molecule has 0 aliphatic rings. The average molecular weight is 166 g/mol. The predicted octanol–water partition coefficient (Wildman–Crippen LogP) is 1.74. The third-order valence-corrected chi connectivity index (χ3v) is 1.75. The number of phenolic OH excluding ortho intramolecular Hbond substituents is 1. The Morgan fingerprint density at radius 1 is 1.50 bits per heavy atom. The summed E-state index contributed by atoms with van der Waals surface area (Å²) in [4.78, 5) is 0. The fraction of sp³-hybridized carbons (Fsp3) is 0.125. The standard InChI is InChI=1S/C8H7FN2O/c9-4-8-6-2-1-5(12)3-7(6)10-11-8/h1-3,12H,4H2,(H,10,11). The maximum absolute atomic E-state index is 12.3. The van der Waals surface area contributed by atoms with Crippen molar-refractivity contribution in [3.63, 3.8) is 0 Å². The van der Waals surface area contributed by atoms with Crippen LogP contribution in [0.3, 0.4) is 0 Å². The van der Waals surface area contributed by atoms with E-state index in [-0.39, 0.29) is 5.75 Å². The molecule has 1 heterocycles. The van der Waals surface area contributed by atoms with Gasteiger partial charge in [-0.3, -0.25) is 5.10 Å². The second-order valence-electron chi connectivity index (χ2n) is 2.54. The molecule has 12 heavy (non-hydrogen) atoms. The van der Waals surface area contributed by atoms with E-state index in [4.69, 9.17) is 5.11 Å². The van der Waals surface area contributed by atoms with Gasteiger partial charge in [-0.2, -0.15) is 5.10 Å². The molecule has 1 aromatic heterocycles. The van der Waals surface area contributed by atoms with E-state index in [1.807, 2.05) is 0 Å². The van der Waals surface area contributed by atoms with Gasteiger partial charge in [0, 0.05) is 11.5 Å². The van der Waals surface area contributed by atoms with Crippen LogP contribution in [0, 0.1) is 0 Å². The third kappa shape index (κ3) is 0.922. The lowest BCUT2D eigenvalue weighted by molar-refractivity contribution is 0.475. The highest BCUT2D eigenvalue weighted by Gasteiger charge is 2.04. The topological polar surface area (TPSA) is 48.9 Å². The molecule has 2 rings (SSSR count). The van der Waals surface area contributed by atoms with E-state index in [9.17, 15) is 4.39 Å². The number of halogens is 1. The monoisotopic (exact) mass is 166 g/mol. The SMILES string of the molecule is Oc1ccc2c(CF)[nH]nc2c1. The molecule has 4 heteroatoms. The van der Waals surface area contributed by atoms with Gasteiger partial charge in [0.1, 0.15) is 12.4 Å². The van der Waals surface area contributed by atoms with E-state index in [1.54, 1.807) is 6.07 Å². The van der Waals surface area contributed by atoms with Gasteiger partial charge >= 0.3 is 0 Å². The van der Waals surface area contributed by atoms with Gasteiger partial charge in [-0.05, 0) is 12.1 Å². The molecule has 0 spiro atoms. The number of phenols is 1. The van der Waals surface area contributed by atoms with Crippen molar-refractivity contribution in [2.24, 2.45) is 0 Å². The van der Waals surface area contributed by atoms with Crippen LogP contribution in [-0.2, 0) is 6.67 Å². The molecular formula is C8H7FN2O. The number of aromatic hydroxyl groups is 1. The maximum atomic E-state index is 12.3. The van der Waals surface area contributed by atoms with Gasteiger partial charge in [-0.1, -0.05) is 0 Å². The summed E-state index contributed by atoms with van der Waals surface area (Å²) in [5.41, 5.74) is 1.03. The lowest BCUT2D eigenvalue weighted by Crippen LogP contribution is -1.77. The zero-order chi connectivity index (χ0) is 8.55. The Kier molecular flexibility index (Phi) is 1.46. The Labute approximate surface area is 67.8 Å². The van der Waals surface area contributed by atoms with Crippen molar-refractivity contribution in [1.29, 1.82) is 0 Å². The highest BCUT2D eigenvalue weighted by Crippen LogP contribution is 2.20. The number of nitrogens with zero attached hydrogens (tertiary/aromatic N) is 1. The number of hydrogen-bond donors (Lipinski definition) is 2. The summed E-state index contributed by atoms with van der Waals surface area (Å²) in [7, 11) is 0. The van der Waals surface area contributed by atoms with E-state index in [1.165, 1.54) is 12.1 Å². The quantitative estimate of drug-likeness (QED) is 0.677. The van der Waals surface area contributed by atoms with E-state index in [2.05, 4.69) is 10.2 Å². The van der Waals surface area contributed by atoms with Crippen LogP contribution >= 0.6 is 0 Å². The number of aromatic nitrogens is 2. The number of alkyl halides is 1. The molecule has 0 saturated carbocycles. The summed E-state index contributed by atoms with van der Waals surface area (Å²) in [6, 6.07) is 4.64. The van der Waals surface area contributed by atoms with Crippen LogP contribution in [-0.4, -0.2) is 15.3 Å². The van der Waals surface area contributed by atoms with Crippen molar-refractivity contribution in [3.8, 4) is 5.75 Å². The minimum absolute atomic E-state index is 0.138. The minimum atomic E-state index is -0.568. The molecular weight excluding hydrogens is 159 g/mol. The first kappa shape index (κ1) is 7.09. The lowest BCUT2D eigenvalue weighted by Gasteiger charge is -1.91. The van der Waals surface area contributed by atoms with Crippen LogP contribution in [0.25, 0.3) is 10.9 Å². The first-order valence-electron chi connectivity index (χ1n) is 3.53. The number of benzene rings is 1. The minimum Gasteiger partial charge on any atom is -0.508 e. The molecule has 0 amide bonds. The van der Waals surface area contributed by atoms with Crippen molar-refractivity contribution >= 4 is 10.9 Å². The highest BCUT2D eigenvalue weighted by molar-refractivity contribution is 5.82. The number of rotatable bonds is 1. The average Bonchev–Trinajstić information content (AvgIpc) is 2.46. The summed E-state index contributed by atoms with van der Waals surface area (Å²) in [5.74, 6) is 0.138. The third-order valence-electron chi connectivity index (χ3n) is 1.75. The molecule has 0 saturated heterocycles. The molecule has 3 nitrogen and oxygen atoms in total. The van der Waals surface area contributed by atoms with Crippen molar-refractivity contribution in [2.75, 3.05) is 0 Å². The smallest absolute Gasteiger partial charge is 0.131 e. The largest absolute Gasteiger partial charge is 0.508 e. The van der Waals surface area contributed by atoms with Gasteiger partial charge in [-0.15, -0.1) is 0 Å². The molecule has 0 aliphatic heterocycles. The fourth-order valence-corrected chi connectivity index (χ4v) is 1.16. The van der Waals surface area contributed by atoms with Crippen LogP contribution in [0.5, 0.6) is 5.75 Å². The van der Waals surface area contributed by atoms with Crippen LogP contribution in [0.2, 0.25) is 0 Å². The molecule has 2 N–H and O–H groups in total. The highest BCUT2D eigenvalue weighted by atomic mass is 19.1. The van der Waals surface area contributed by atoms with Crippen molar-refractivity contribution in [3.05, 3.63) is 23.9 Å². The molecule has 0 radical (unpaired) electrons. The van der Waals surface area contributed by atoms with Gasteiger partial charge in [0.25, 0.3) is 0 Å². The van der Waals surface area contributed by atoms with E-state index in [0.717, 1.165) is 5.39 Å². The number of aromatic amines is 1. The number of hydrogen-bond acceptors (Lipinski definition) is 2. The van der Waals surface area contributed by atoms with Crippen molar-refractivity contribution in [1.82, 2.24) is 10.2 Å². The predicted molar refractivity (Wildman–Crippen MR) is 42.6 cm³/mol. The summed E-state index contributed by atoms with van der Waals surface area (Å²) >= 11 is 0. The Morgan fingerprint density at radius 2 is 2.33 bits per heavy atom. The number of fused-ring (bicyclic) bond motifs is 1. The van der Waals surface area contributed by atoms with Crippen LogP contribution in [0.4, 0.5) is 4.39 Å². The van der Waals surface area contributed by atoms with Gasteiger partial charge < -0.3 is 5.11 Å². The molecule has 0 aliphatic carbocycles. The first-order chi connectivity index (χ1) is 5.81. The zero-order valence-corrected chi connectivity index (χ0v) is 6.21. The molecule has 1 aromatic carbocycles. The molecule has 2 aromatic rings. The molecule has 0 fully saturated rings. The van der Waals surface area contributed by atoms with Crippen LogP contribution in [0.1, 0.15) is 5.69 Å². The second-order valence-corrected chi connectivity index (χ2v) is 2.54. The molecule has 0 unspecified atom stereocenters. The molecule has 62 valence electrons. The van der Waals surface area contributed by atoms with Gasteiger partial charge in [-0.25, -0.2) is 4.39 Å². The summed E-state index contributed by atoms with van der Waals surface area (Å²) in [5, 5.41) is 16.2. The summed E-state index contributed by atoms with van der Waals surface area (Å²) in [6.45, 7) is -0.568. The Bertz CT molecular complexity index is 410. The number of H-pyrrole nitrogens is 1. The van der Waals surface area contributed by atoms with Crippen LogP contribution < -0.4 is 0 Å². The fourth-order valence-electron chi connectivity index (χ4n) is 1.16.